The minimum absolute atomic E-state index is 0.670. The largest absolute Gasteiger partial charge is 0.464 e. The van der Waals surface area contributed by atoms with Crippen LogP contribution in [0.1, 0.15) is 17.9 Å². The molecule has 2 unspecified atom stereocenters. The molecule has 2 aromatic rings. The Morgan fingerprint density at radius 3 is 2.80 bits per heavy atom. The van der Waals surface area contributed by atoms with E-state index in [9.17, 15) is 0 Å². The molecular formula is C13H15NO. The van der Waals surface area contributed by atoms with Gasteiger partial charge >= 0.3 is 0 Å². The highest BCUT2D eigenvalue weighted by Crippen LogP contribution is 2.46. The van der Waals surface area contributed by atoms with Crippen molar-refractivity contribution in [3.63, 3.8) is 0 Å². The smallest absolute Gasteiger partial charge is 0.134 e. The van der Waals surface area contributed by atoms with Crippen LogP contribution in [0.15, 0.2) is 34.9 Å². The molecule has 0 radical (unpaired) electrons. The lowest BCUT2D eigenvalue weighted by Gasteiger charge is -2.07. The van der Waals surface area contributed by atoms with E-state index in [0.29, 0.717) is 12.0 Å². The fourth-order valence-corrected chi connectivity index (χ4v) is 2.37. The molecule has 15 heavy (non-hydrogen) atoms. The molecule has 3 rings (SSSR count). The molecule has 1 aliphatic rings. The first kappa shape index (κ1) is 8.98. The standard InChI is InChI=1S/C13H15NO/c1-14(2)12-7-10(12)11-8-15-13-6-4-3-5-9(11)13/h3-6,8,10,12H,7H2,1-2H3. The van der Waals surface area contributed by atoms with E-state index in [1.807, 2.05) is 18.4 Å². The lowest BCUT2D eigenvalue weighted by Crippen LogP contribution is -2.15. The van der Waals surface area contributed by atoms with Crippen molar-refractivity contribution in [3.8, 4) is 0 Å². The molecule has 0 bridgehead atoms. The second-order valence-corrected chi connectivity index (χ2v) is 4.56. The van der Waals surface area contributed by atoms with Gasteiger partial charge in [-0.1, -0.05) is 18.2 Å². The number of hydrogen-bond acceptors (Lipinski definition) is 2. The van der Waals surface area contributed by atoms with Gasteiger partial charge in [0.2, 0.25) is 0 Å². The summed E-state index contributed by atoms with van der Waals surface area (Å²) >= 11 is 0. The molecule has 1 aromatic carbocycles. The van der Waals surface area contributed by atoms with E-state index in [2.05, 4.69) is 31.1 Å². The lowest BCUT2D eigenvalue weighted by atomic mass is 10.1. The summed E-state index contributed by atoms with van der Waals surface area (Å²) in [6.07, 6.45) is 3.19. The van der Waals surface area contributed by atoms with Crippen molar-refractivity contribution in [2.24, 2.45) is 0 Å². The SMILES string of the molecule is CN(C)C1CC1c1coc2ccccc12. The Labute approximate surface area is 89.5 Å². The van der Waals surface area contributed by atoms with Crippen molar-refractivity contribution in [2.45, 2.75) is 18.4 Å². The van der Waals surface area contributed by atoms with Gasteiger partial charge in [-0.2, -0.15) is 0 Å². The van der Waals surface area contributed by atoms with E-state index in [1.165, 1.54) is 17.4 Å². The van der Waals surface area contributed by atoms with Gasteiger partial charge in [0.1, 0.15) is 5.58 Å². The first-order valence-electron chi connectivity index (χ1n) is 5.40. The third-order valence-electron chi connectivity index (χ3n) is 3.33. The summed E-state index contributed by atoms with van der Waals surface area (Å²) in [6, 6.07) is 8.98. The normalized spacial score (nSPS) is 25.0. The van der Waals surface area contributed by atoms with Gasteiger partial charge in [0.25, 0.3) is 0 Å². The van der Waals surface area contributed by atoms with Gasteiger partial charge in [-0.15, -0.1) is 0 Å². The summed E-state index contributed by atoms with van der Waals surface area (Å²) in [5.74, 6) is 0.670. The molecule has 78 valence electrons. The van der Waals surface area contributed by atoms with Crippen molar-refractivity contribution >= 4 is 11.0 Å². The minimum Gasteiger partial charge on any atom is -0.464 e. The molecule has 0 aliphatic heterocycles. The van der Waals surface area contributed by atoms with Crippen molar-refractivity contribution in [1.29, 1.82) is 0 Å². The van der Waals surface area contributed by atoms with Crippen LogP contribution >= 0.6 is 0 Å². The van der Waals surface area contributed by atoms with Crippen LogP contribution < -0.4 is 0 Å². The maximum atomic E-state index is 5.56. The molecule has 2 atom stereocenters. The Bertz CT molecular complexity index is 486. The highest BCUT2D eigenvalue weighted by atomic mass is 16.3. The number of likely N-dealkylation sites (N-methyl/N-ethyl adjacent to an activating group) is 1. The summed E-state index contributed by atoms with van der Waals surface area (Å²) in [7, 11) is 4.29. The molecule has 0 spiro atoms. The first-order chi connectivity index (χ1) is 7.27. The lowest BCUT2D eigenvalue weighted by molar-refractivity contribution is 0.391. The number of para-hydroxylation sites is 1. The molecule has 1 fully saturated rings. The zero-order valence-electron chi connectivity index (χ0n) is 9.10. The molecule has 0 saturated heterocycles. The number of nitrogens with zero attached hydrogens (tertiary/aromatic N) is 1. The van der Waals surface area contributed by atoms with Crippen LogP contribution in [0.3, 0.4) is 0 Å². The Hall–Kier alpha value is -1.28. The number of furan rings is 1. The van der Waals surface area contributed by atoms with Crippen LogP contribution in [-0.4, -0.2) is 25.0 Å². The van der Waals surface area contributed by atoms with Crippen LogP contribution in [0.25, 0.3) is 11.0 Å². The molecule has 1 aliphatic carbocycles. The van der Waals surface area contributed by atoms with E-state index in [4.69, 9.17) is 4.42 Å². The van der Waals surface area contributed by atoms with E-state index >= 15 is 0 Å². The highest BCUT2D eigenvalue weighted by Gasteiger charge is 2.41. The van der Waals surface area contributed by atoms with Gasteiger partial charge in [-0.05, 0) is 26.6 Å². The molecular weight excluding hydrogens is 186 g/mol. The molecule has 1 aromatic heterocycles. The van der Waals surface area contributed by atoms with Gasteiger partial charge < -0.3 is 9.32 Å². The summed E-state index contributed by atoms with van der Waals surface area (Å²) in [4.78, 5) is 2.30. The first-order valence-corrected chi connectivity index (χ1v) is 5.40. The number of benzene rings is 1. The average molecular weight is 201 g/mol. The van der Waals surface area contributed by atoms with Gasteiger partial charge in [-0.25, -0.2) is 0 Å². The fraction of sp³-hybridized carbons (Fsp3) is 0.385. The summed E-state index contributed by atoms with van der Waals surface area (Å²) in [5.41, 5.74) is 2.39. The summed E-state index contributed by atoms with van der Waals surface area (Å²) in [5, 5.41) is 1.28. The second-order valence-electron chi connectivity index (χ2n) is 4.56. The number of rotatable bonds is 2. The van der Waals surface area contributed by atoms with Gasteiger partial charge in [0.05, 0.1) is 6.26 Å². The Morgan fingerprint density at radius 1 is 1.27 bits per heavy atom. The van der Waals surface area contributed by atoms with Crippen molar-refractivity contribution in [3.05, 3.63) is 36.1 Å². The van der Waals surface area contributed by atoms with Gasteiger partial charge in [0.15, 0.2) is 0 Å². The van der Waals surface area contributed by atoms with Crippen molar-refractivity contribution in [1.82, 2.24) is 4.90 Å². The van der Waals surface area contributed by atoms with Crippen LogP contribution in [0.5, 0.6) is 0 Å². The number of hydrogen-bond donors (Lipinski definition) is 0. The monoisotopic (exact) mass is 201 g/mol. The zero-order valence-corrected chi connectivity index (χ0v) is 9.10. The molecule has 2 nitrogen and oxygen atoms in total. The topological polar surface area (TPSA) is 16.4 Å². The van der Waals surface area contributed by atoms with Crippen molar-refractivity contribution < 1.29 is 4.42 Å². The van der Waals surface area contributed by atoms with Gasteiger partial charge in [-0.3, -0.25) is 0 Å². The van der Waals surface area contributed by atoms with Gasteiger partial charge in [0, 0.05) is 22.9 Å². The van der Waals surface area contributed by atoms with Crippen molar-refractivity contribution in [2.75, 3.05) is 14.1 Å². The van der Waals surface area contributed by atoms with E-state index in [-0.39, 0.29) is 0 Å². The van der Waals surface area contributed by atoms with E-state index in [1.54, 1.807) is 0 Å². The second kappa shape index (κ2) is 3.11. The van der Waals surface area contributed by atoms with Crippen LogP contribution in [0.4, 0.5) is 0 Å². The molecule has 0 amide bonds. The van der Waals surface area contributed by atoms with E-state index < -0.39 is 0 Å². The van der Waals surface area contributed by atoms with Crippen LogP contribution in [-0.2, 0) is 0 Å². The third kappa shape index (κ3) is 1.37. The maximum Gasteiger partial charge on any atom is 0.134 e. The fourth-order valence-electron chi connectivity index (χ4n) is 2.37. The highest BCUT2D eigenvalue weighted by molar-refractivity contribution is 5.82. The van der Waals surface area contributed by atoms with Crippen LogP contribution in [0.2, 0.25) is 0 Å². The Balaban J connectivity index is 2.00. The zero-order chi connectivity index (χ0) is 10.4. The van der Waals surface area contributed by atoms with Crippen LogP contribution in [0, 0.1) is 0 Å². The predicted molar refractivity (Wildman–Crippen MR) is 61.0 cm³/mol. The third-order valence-corrected chi connectivity index (χ3v) is 3.33. The quantitative estimate of drug-likeness (QED) is 0.742. The summed E-state index contributed by atoms with van der Waals surface area (Å²) in [6.45, 7) is 0. The molecule has 1 heterocycles. The Morgan fingerprint density at radius 2 is 2.07 bits per heavy atom. The molecule has 2 heteroatoms. The Kier molecular flexibility index (Phi) is 1.86. The van der Waals surface area contributed by atoms with E-state index in [0.717, 1.165) is 5.58 Å². The summed E-state index contributed by atoms with van der Waals surface area (Å²) < 4.78 is 5.56. The maximum absolute atomic E-state index is 5.56. The predicted octanol–water partition coefficient (Wildman–Crippen LogP) is 2.85. The minimum atomic E-state index is 0.670. The average Bonchev–Trinajstić information content (AvgIpc) is 2.92. The molecule has 0 N–H and O–H groups in total. The molecule has 1 saturated carbocycles. The number of fused-ring (bicyclic) bond motifs is 1.